The molecule has 1 aliphatic rings. The lowest BCUT2D eigenvalue weighted by molar-refractivity contribution is 0.0660. The van der Waals surface area contributed by atoms with Crippen molar-refractivity contribution in [1.29, 1.82) is 0 Å². The number of benzene rings is 1. The SMILES string of the molecule is Cc1ccc(NC(=O)c2ccc(C(=O)O)o2)cc1N1CCCS1(=O)=O. The summed E-state index contributed by atoms with van der Waals surface area (Å²) in [5.74, 6) is -2.26. The third-order valence-electron chi connectivity index (χ3n) is 3.88. The van der Waals surface area contributed by atoms with Gasteiger partial charge in [-0.2, -0.15) is 0 Å². The molecule has 1 aliphatic heterocycles. The molecule has 1 fully saturated rings. The van der Waals surface area contributed by atoms with E-state index < -0.39 is 21.9 Å². The molecule has 0 radical (unpaired) electrons. The van der Waals surface area contributed by atoms with Crippen LogP contribution in [0.3, 0.4) is 0 Å². The van der Waals surface area contributed by atoms with Crippen LogP contribution in [0.2, 0.25) is 0 Å². The topological polar surface area (TPSA) is 117 Å². The van der Waals surface area contributed by atoms with E-state index in [-0.39, 0.29) is 17.3 Å². The number of hydrogen-bond donors (Lipinski definition) is 2. The van der Waals surface area contributed by atoms with Crippen LogP contribution in [0.4, 0.5) is 11.4 Å². The summed E-state index contributed by atoms with van der Waals surface area (Å²) in [6.07, 6.45) is 0.558. The highest BCUT2D eigenvalue weighted by atomic mass is 32.2. The molecule has 132 valence electrons. The predicted molar refractivity (Wildman–Crippen MR) is 90.5 cm³/mol. The van der Waals surface area contributed by atoms with Gasteiger partial charge in [-0.1, -0.05) is 6.07 Å². The van der Waals surface area contributed by atoms with Gasteiger partial charge in [-0.05, 0) is 43.2 Å². The Bertz CT molecular complexity index is 947. The number of amides is 1. The van der Waals surface area contributed by atoms with Crippen molar-refractivity contribution >= 4 is 33.3 Å². The number of furan rings is 1. The molecule has 1 amide bonds. The van der Waals surface area contributed by atoms with Crippen LogP contribution in [0.15, 0.2) is 34.7 Å². The molecule has 1 aromatic carbocycles. The number of aromatic carboxylic acids is 1. The maximum atomic E-state index is 12.2. The van der Waals surface area contributed by atoms with Crippen LogP contribution in [0.1, 0.15) is 33.1 Å². The van der Waals surface area contributed by atoms with E-state index in [4.69, 9.17) is 9.52 Å². The Morgan fingerprint density at radius 2 is 1.92 bits per heavy atom. The minimum absolute atomic E-state index is 0.105. The number of aryl methyl sites for hydroxylation is 1. The first-order valence-electron chi connectivity index (χ1n) is 7.53. The van der Waals surface area contributed by atoms with Crippen molar-refractivity contribution in [3.05, 3.63) is 47.4 Å². The van der Waals surface area contributed by atoms with Gasteiger partial charge >= 0.3 is 5.97 Å². The summed E-state index contributed by atoms with van der Waals surface area (Å²) >= 11 is 0. The summed E-state index contributed by atoms with van der Waals surface area (Å²) in [5, 5.41) is 11.4. The smallest absolute Gasteiger partial charge is 0.371 e. The van der Waals surface area contributed by atoms with E-state index in [1.807, 2.05) is 0 Å². The molecule has 3 rings (SSSR count). The van der Waals surface area contributed by atoms with Crippen molar-refractivity contribution in [3.63, 3.8) is 0 Å². The highest BCUT2D eigenvalue weighted by molar-refractivity contribution is 7.93. The number of carbonyl (C=O) groups excluding carboxylic acids is 1. The second-order valence-electron chi connectivity index (χ2n) is 5.67. The fourth-order valence-electron chi connectivity index (χ4n) is 2.63. The summed E-state index contributed by atoms with van der Waals surface area (Å²) < 4.78 is 30.5. The Hall–Kier alpha value is -2.81. The van der Waals surface area contributed by atoms with E-state index >= 15 is 0 Å². The first-order valence-corrected chi connectivity index (χ1v) is 9.14. The summed E-state index contributed by atoms with van der Waals surface area (Å²) in [4.78, 5) is 23.0. The number of sulfonamides is 1. The fraction of sp³-hybridized carbons (Fsp3) is 0.250. The average Bonchev–Trinajstić information content (AvgIpc) is 3.16. The van der Waals surface area contributed by atoms with Gasteiger partial charge in [-0.25, -0.2) is 13.2 Å². The number of nitrogens with one attached hydrogen (secondary N) is 1. The number of carboxylic acids is 1. The molecule has 0 bridgehead atoms. The van der Waals surface area contributed by atoms with E-state index in [2.05, 4.69) is 5.32 Å². The molecule has 0 spiro atoms. The molecular formula is C16H16N2O6S. The summed E-state index contributed by atoms with van der Waals surface area (Å²) in [5.41, 5.74) is 1.68. The molecule has 0 saturated carbocycles. The van der Waals surface area contributed by atoms with Gasteiger partial charge in [0.2, 0.25) is 15.8 Å². The normalized spacial score (nSPS) is 16.0. The molecule has 0 aliphatic carbocycles. The van der Waals surface area contributed by atoms with Crippen molar-refractivity contribution < 1.29 is 27.5 Å². The van der Waals surface area contributed by atoms with Crippen LogP contribution in [0.5, 0.6) is 0 Å². The molecule has 2 heterocycles. The lowest BCUT2D eigenvalue weighted by Crippen LogP contribution is -2.26. The van der Waals surface area contributed by atoms with Crippen LogP contribution in [0.25, 0.3) is 0 Å². The molecule has 0 unspecified atom stereocenters. The zero-order valence-corrected chi connectivity index (χ0v) is 14.2. The molecule has 1 saturated heterocycles. The van der Waals surface area contributed by atoms with Crippen molar-refractivity contribution in [3.8, 4) is 0 Å². The molecule has 25 heavy (non-hydrogen) atoms. The third-order valence-corrected chi connectivity index (χ3v) is 5.73. The minimum atomic E-state index is -3.33. The van der Waals surface area contributed by atoms with E-state index in [0.29, 0.717) is 24.3 Å². The van der Waals surface area contributed by atoms with Crippen molar-refractivity contribution in [2.24, 2.45) is 0 Å². The van der Waals surface area contributed by atoms with Crippen molar-refractivity contribution in [2.45, 2.75) is 13.3 Å². The van der Waals surface area contributed by atoms with Gasteiger partial charge in [0, 0.05) is 12.2 Å². The maximum Gasteiger partial charge on any atom is 0.371 e. The van der Waals surface area contributed by atoms with Crippen LogP contribution in [0, 0.1) is 6.92 Å². The van der Waals surface area contributed by atoms with Crippen molar-refractivity contribution in [1.82, 2.24) is 0 Å². The largest absolute Gasteiger partial charge is 0.475 e. The highest BCUT2D eigenvalue weighted by Crippen LogP contribution is 2.30. The highest BCUT2D eigenvalue weighted by Gasteiger charge is 2.29. The molecule has 2 N–H and O–H groups in total. The summed E-state index contributed by atoms with van der Waals surface area (Å²) in [6.45, 7) is 2.20. The Kier molecular flexibility index (Phi) is 4.25. The van der Waals surface area contributed by atoms with Crippen LogP contribution in [-0.4, -0.2) is 37.7 Å². The second kappa shape index (κ2) is 6.25. The number of hydrogen-bond acceptors (Lipinski definition) is 5. The Labute approximate surface area is 144 Å². The lowest BCUT2D eigenvalue weighted by Gasteiger charge is -2.20. The van der Waals surface area contributed by atoms with Crippen LogP contribution in [-0.2, 0) is 10.0 Å². The number of rotatable bonds is 4. The van der Waals surface area contributed by atoms with Gasteiger partial charge in [0.15, 0.2) is 5.76 Å². The Balaban J connectivity index is 1.84. The first-order chi connectivity index (χ1) is 11.8. The Morgan fingerprint density at radius 1 is 1.20 bits per heavy atom. The standard InChI is InChI=1S/C16H16N2O6S/c1-10-3-4-11(9-12(10)18-7-2-8-25(18,22)23)17-15(19)13-5-6-14(24-13)16(20)21/h3-6,9H,2,7-8H2,1H3,(H,17,19)(H,20,21). The van der Waals surface area contributed by atoms with Gasteiger partial charge in [0.05, 0.1) is 11.4 Å². The average molecular weight is 364 g/mol. The number of carboxylic acid groups (broad SMARTS) is 1. The zero-order chi connectivity index (χ0) is 18.2. The molecule has 9 heteroatoms. The number of nitrogens with zero attached hydrogens (tertiary/aromatic N) is 1. The molecule has 0 atom stereocenters. The molecule has 2 aromatic rings. The maximum absolute atomic E-state index is 12.2. The van der Waals surface area contributed by atoms with Gasteiger partial charge < -0.3 is 14.8 Å². The van der Waals surface area contributed by atoms with Gasteiger partial charge in [-0.15, -0.1) is 0 Å². The zero-order valence-electron chi connectivity index (χ0n) is 13.4. The van der Waals surface area contributed by atoms with Crippen LogP contribution >= 0.6 is 0 Å². The number of carbonyl (C=O) groups is 2. The van der Waals surface area contributed by atoms with Crippen molar-refractivity contribution in [2.75, 3.05) is 21.9 Å². The predicted octanol–water partition coefficient (Wildman–Crippen LogP) is 2.08. The van der Waals surface area contributed by atoms with Crippen LogP contribution < -0.4 is 9.62 Å². The lowest BCUT2D eigenvalue weighted by atomic mass is 10.1. The summed E-state index contributed by atoms with van der Waals surface area (Å²) in [6, 6.07) is 7.38. The third kappa shape index (κ3) is 3.36. The van der Waals surface area contributed by atoms with E-state index in [0.717, 1.165) is 5.56 Å². The monoisotopic (exact) mass is 364 g/mol. The minimum Gasteiger partial charge on any atom is -0.475 e. The van der Waals surface area contributed by atoms with Gasteiger partial charge in [0.25, 0.3) is 5.91 Å². The molecule has 8 nitrogen and oxygen atoms in total. The van der Waals surface area contributed by atoms with Gasteiger partial charge in [0.1, 0.15) is 0 Å². The Morgan fingerprint density at radius 3 is 2.52 bits per heavy atom. The molecular weight excluding hydrogens is 348 g/mol. The molecule has 1 aromatic heterocycles. The summed E-state index contributed by atoms with van der Waals surface area (Å²) in [7, 11) is -3.33. The van der Waals surface area contributed by atoms with E-state index in [1.165, 1.54) is 16.4 Å². The number of anilines is 2. The van der Waals surface area contributed by atoms with Gasteiger partial charge in [-0.3, -0.25) is 9.10 Å². The van der Waals surface area contributed by atoms with E-state index in [1.54, 1.807) is 25.1 Å². The quantitative estimate of drug-likeness (QED) is 0.858. The second-order valence-corrected chi connectivity index (χ2v) is 7.68. The fourth-order valence-corrected chi connectivity index (χ4v) is 4.25. The van der Waals surface area contributed by atoms with E-state index in [9.17, 15) is 18.0 Å². The first kappa shape index (κ1) is 17.0.